The molecule has 0 atom stereocenters. The zero-order valence-corrected chi connectivity index (χ0v) is 11.3. The topological polar surface area (TPSA) is 79.9 Å². The summed E-state index contributed by atoms with van der Waals surface area (Å²) >= 11 is 0. The normalized spacial score (nSPS) is 11.8. The molecule has 5 nitrogen and oxygen atoms in total. The molecule has 0 saturated heterocycles. The quantitative estimate of drug-likeness (QED) is 0.663. The highest BCUT2D eigenvalue weighted by Crippen LogP contribution is 2.33. The number of benzene rings is 1. The molecule has 0 aliphatic rings. The molecule has 0 radical (unpaired) electrons. The number of phenols is 1. The number of ether oxygens (including phenoxy) is 1. The van der Waals surface area contributed by atoms with Crippen molar-refractivity contribution in [2.45, 2.75) is 20.3 Å². The molecule has 0 unspecified atom stereocenters. The van der Waals surface area contributed by atoms with Gasteiger partial charge in [-0.1, -0.05) is 13.0 Å². The van der Waals surface area contributed by atoms with E-state index in [9.17, 15) is 15.0 Å². The Bertz CT molecular complexity index is 712. The number of hydrogen-bond acceptors (Lipinski definition) is 5. The van der Waals surface area contributed by atoms with Crippen LogP contribution in [0.4, 0.5) is 0 Å². The Morgan fingerprint density at radius 3 is 2.85 bits per heavy atom. The maximum atomic E-state index is 11.8. The highest BCUT2D eigenvalue weighted by atomic mass is 16.5. The van der Waals surface area contributed by atoms with E-state index in [0.29, 0.717) is 5.39 Å². The van der Waals surface area contributed by atoms with Gasteiger partial charge < -0.3 is 19.4 Å². The van der Waals surface area contributed by atoms with E-state index < -0.39 is 5.63 Å². The number of phenolic OH excluding ortho intramolecular Hbond substituents is 1. The van der Waals surface area contributed by atoms with Gasteiger partial charge in [-0.2, -0.15) is 0 Å². The van der Waals surface area contributed by atoms with Gasteiger partial charge >= 0.3 is 5.63 Å². The molecular weight excluding hydrogens is 260 g/mol. The van der Waals surface area contributed by atoms with Crippen molar-refractivity contribution >= 4 is 11.0 Å². The van der Waals surface area contributed by atoms with Crippen molar-refractivity contribution < 1.29 is 19.4 Å². The van der Waals surface area contributed by atoms with Gasteiger partial charge in [0.2, 0.25) is 5.75 Å². The summed E-state index contributed by atoms with van der Waals surface area (Å²) in [6.45, 7) is 4.08. The summed E-state index contributed by atoms with van der Waals surface area (Å²) in [6, 6.07) is 4.13. The summed E-state index contributed by atoms with van der Waals surface area (Å²) in [5.41, 5.74) is 0.294. The Morgan fingerprint density at radius 1 is 1.40 bits per heavy atom. The fraction of sp³-hybridized carbons (Fsp3) is 0.267. The van der Waals surface area contributed by atoms with Gasteiger partial charge in [0.25, 0.3) is 0 Å². The second kappa shape index (κ2) is 5.69. The average Bonchev–Trinajstić information content (AvgIpc) is 2.38. The lowest BCUT2D eigenvalue weighted by Crippen LogP contribution is -2.09. The largest absolute Gasteiger partial charge is 0.508 e. The van der Waals surface area contributed by atoms with E-state index in [2.05, 4.69) is 0 Å². The Labute approximate surface area is 115 Å². The minimum Gasteiger partial charge on any atom is -0.508 e. The number of allylic oxidation sites excluding steroid dienone is 1. The van der Waals surface area contributed by atoms with Crippen LogP contribution >= 0.6 is 0 Å². The van der Waals surface area contributed by atoms with Gasteiger partial charge in [-0.15, -0.1) is 0 Å². The molecule has 0 saturated carbocycles. The zero-order valence-electron chi connectivity index (χ0n) is 11.3. The fourth-order valence-electron chi connectivity index (χ4n) is 1.88. The van der Waals surface area contributed by atoms with Crippen molar-refractivity contribution in [2.24, 2.45) is 0 Å². The van der Waals surface area contributed by atoms with E-state index >= 15 is 0 Å². The van der Waals surface area contributed by atoms with Gasteiger partial charge in [-0.25, -0.2) is 4.79 Å². The third-order valence-electron chi connectivity index (χ3n) is 2.82. The van der Waals surface area contributed by atoms with Crippen molar-refractivity contribution in [2.75, 3.05) is 6.61 Å². The standard InChI is InChI=1S/C15H16O5/c1-3-4-9(2)8-19-14-13(17)11-6-5-10(16)7-12(11)20-15(14)18/h4-7,16-17H,3,8H2,1-2H3. The summed E-state index contributed by atoms with van der Waals surface area (Å²) in [5.74, 6) is -0.539. The molecule has 0 aliphatic heterocycles. The number of aromatic hydroxyl groups is 2. The minimum atomic E-state index is -0.773. The number of rotatable bonds is 4. The van der Waals surface area contributed by atoms with Crippen molar-refractivity contribution in [1.82, 2.24) is 0 Å². The Balaban J connectivity index is 2.42. The molecule has 106 valence electrons. The first kappa shape index (κ1) is 14.0. The van der Waals surface area contributed by atoms with Gasteiger partial charge in [-0.05, 0) is 31.1 Å². The highest BCUT2D eigenvalue weighted by molar-refractivity contribution is 5.86. The first-order valence-electron chi connectivity index (χ1n) is 6.30. The van der Waals surface area contributed by atoms with E-state index in [1.165, 1.54) is 18.2 Å². The molecule has 0 amide bonds. The SMILES string of the molecule is CCC=C(C)COc1c(O)c2ccc(O)cc2oc1=O. The second-order valence-electron chi connectivity index (χ2n) is 4.50. The van der Waals surface area contributed by atoms with Gasteiger partial charge in [0, 0.05) is 6.07 Å². The van der Waals surface area contributed by atoms with Crippen molar-refractivity contribution in [1.29, 1.82) is 0 Å². The van der Waals surface area contributed by atoms with E-state index in [4.69, 9.17) is 9.15 Å². The second-order valence-corrected chi connectivity index (χ2v) is 4.50. The lowest BCUT2D eigenvalue weighted by atomic mass is 10.2. The molecule has 2 N–H and O–H groups in total. The van der Waals surface area contributed by atoms with Crippen molar-refractivity contribution in [3.63, 3.8) is 0 Å². The van der Waals surface area contributed by atoms with Crippen LogP contribution < -0.4 is 10.4 Å². The molecule has 1 heterocycles. The lowest BCUT2D eigenvalue weighted by Gasteiger charge is -2.08. The number of fused-ring (bicyclic) bond motifs is 1. The average molecular weight is 276 g/mol. The van der Waals surface area contributed by atoms with Crippen LogP contribution in [0.1, 0.15) is 20.3 Å². The predicted molar refractivity (Wildman–Crippen MR) is 75.4 cm³/mol. The molecule has 1 aromatic heterocycles. The van der Waals surface area contributed by atoms with Crippen LogP contribution in [0.3, 0.4) is 0 Å². The van der Waals surface area contributed by atoms with Crippen molar-refractivity contribution in [3.8, 4) is 17.2 Å². The Kier molecular flexibility index (Phi) is 3.98. The maximum absolute atomic E-state index is 11.8. The zero-order chi connectivity index (χ0) is 14.7. The molecule has 0 spiro atoms. The van der Waals surface area contributed by atoms with E-state index in [0.717, 1.165) is 12.0 Å². The molecule has 0 fully saturated rings. The van der Waals surface area contributed by atoms with Crippen LogP contribution in [-0.2, 0) is 0 Å². The van der Waals surface area contributed by atoms with E-state index in [-0.39, 0.29) is 29.4 Å². The third kappa shape index (κ3) is 2.77. The molecule has 20 heavy (non-hydrogen) atoms. The van der Waals surface area contributed by atoms with Crippen LogP contribution in [0.2, 0.25) is 0 Å². The Morgan fingerprint density at radius 2 is 2.15 bits per heavy atom. The third-order valence-corrected chi connectivity index (χ3v) is 2.82. The predicted octanol–water partition coefficient (Wildman–Crippen LogP) is 2.94. The van der Waals surface area contributed by atoms with Gasteiger partial charge in [0.1, 0.15) is 17.9 Å². The molecule has 0 aliphatic carbocycles. The van der Waals surface area contributed by atoms with Crippen LogP contribution in [0, 0.1) is 0 Å². The summed E-state index contributed by atoms with van der Waals surface area (Å²) < 4.78 is 10.4. The van der Waals surface area contributed by atoms with E-state index in [1.807, 2.05) is 19.9 Å². The van der Waals surface area contributed by atoms with Gasteiger partial charge in [0.05, 0.1) is 5.39 Å². The van der Waals surface area contributed by atoms with Crippen LogP contribution in [0.5, 0.6) is 17.2 Å². The molecule has 1 aromatic carbocycles. The molecule has 5 heteroatoms. The summed E-state index contributed by atoms with van der Waals surface area (Å²) in [4.78, 5) is 11.8. The first-order chi connectivity index (χ1) is 9.52. The fourth-order valence-corrected chi connectivity index (χ4v) is 1.88. The minimum absolute atomic E-state index is 0.0459. The smallest absolute Gasteiger partial charge is 0.383 e. The lowest BCUT2D eigenvalue weighted by molar-refractivity contribution is 0.310. The monoisotopic (exact) mass is 276 g/mol. The molecule has 0 bridgehead atoms. The van der Waals surface area contributed by atoms with E-state index in [1.54, 1.807) is 0 Å². The summed E-state index contributed by atoms with van der Waals surface area (Å²) in [5, 5.41) is 19.7. The number of hydrogen-bond donors (Lipinski definition) is 2. The Hall–Kier alpha value is -2.43. The first-order valence-corrected chi connectivity index (χ1v) is 6.30. The maximum Gasteiger partial charge on any atom is 0.383 e. The van der Waals surface area contributed by atoms with Gasteiger partial charge in [0.15, 0.2) is 5.75 Å². The summed E-state index contributed by atoms with van der Waals surface area (Å²) in [6.07, 6.45) is 2.84. The molecule has 2 aromatic rings. The van der Waals surface area contributed by atoms with Crippen molar-refractivity contribution in [3.05, 3.63) is 40.3 Å². The molecule has 2 rings (SSSR count). The van der Waals surface area contributed by atoms with Gasteiger partial charge in [-0.3, -0.25) is 0 Å². The van der Waals surface area contributed by atoms with Crippen LogP contribution in [0.15, 0.2) is 39.1 Å². The molecular formula is C15H16O5. The van der Waals surface area contributed by atoms with Crippen LogP contribution in [-0.4, -0.2) is 16.8 Å². The van der Waals surface area contributed by atoms with Crippen LogP contribution in [0.25, 0.3) is 11.0 Å². The summed E-state index contributed by atoms with van der Waals surface area (Å²) in [7, 11) is 0. The highest BCUT2D eigenvalue weighted by Gasteiger charge is 2.15.